The van der Waals surface area contributed by atoms with Gasteiger partial charge < -0.3 is 4.74 Å². The first-order valence-electron chi connectivity index (χ1n) is 6.55. The van der Waals surface area contributed by atoms with Crippen molar-refractivity contribution in [3.05, 3.63) is 40.4 Å². The molecule has 0 aliphatic carbocycles. The molecule has 0 aliphatic rings. The number of aryl methyl sites for hydroxylation is 1. The molecule has 0 saturated carbocycles. The van der Waals surface area contributed by atoms with Crippen molar-refractivity contribution < 1.29 is 26.7 Å². The summed E-state index contributed by atoms with van der Waals surface area (Å²) in [4.78, 5) is 24.0. The summed E-state index contributed by atoms with van der Waals surface area (Å²) in [5, 5.41) is -0.243. The summed E-state index contributed by atoms with van der Waals surface area (Å²) >= 11 is 5.86. The number of benzene rings is 1. The van der Waals surface area contributed by atoms with Crippen molar-refractivity contribution in [2.45, 2.75) is 12.7 Å². The third-order valence-corrected chi connectivity index (χ3v) is 4.12. The zero-order valence-corrected chi connectivity index (χ0v) is 14.4. The Balaban J connectivity index is 2.55. The van der Waals surface area contributed by atoms with E-state index >= 15 is 0 Å². The van der Waals surface area contributed by atoms with Crippen LogP contribution in [0.4, 0.5) is 14.5 Å². The highest BCUT2D eigenvalue weighted by atomic mass is 35.5. The number of carbonyl (C=O) groups is 1. The van der Waals surface area contributed by atoms with Gasteiger partial charge in [-0.15, -0.1) is 0 Å². The number of ketones is 1. The summed E-state index contributed by atoms with van der Waals surface area (Å²) in [6.07, 6.45) is 0. The van der Waals surface area contributed by atoms with E-state index in [1.807, 2.05) is 0 Å². The Morgan fingerprint density at radius 2 is 1.96 bits per heavy atom. The first kappa shape index (κ1) is 18.9. The molecule has 0 amide bonds. The lowest BCUT2D eigenvalue weighted by Crippen LogP contribution is -2.23. The molecule has 1 aromatic carbocycles. The number of hydrogen-bond donors (Lipinski definition) is 1. The van der Waals surface area contributed by atoms with E-state index in [9.17, 15) is 22.0 Å². The van der Waals surface area contributed by atoms with Gasteiger partial charge in [-0.05, 0) is 19.1 Å². The number of para-hydroxylation sites is 1. The maximum absolute atomic E-state index is 12.6. The lowest BCUT2D eigenvalue weighted by Gasteiger charge is -2.13. The number of halogens is 3. The lowest BCUT2D eigenvalue weighted by molar-refractivity contribution is 0.102. The van der Waals surface area contributed by atoms with E-state index < -0.39 is 27.3 Å². The molecule has 0 aliphatic heterocycles. The summed E-state index contributed by atoms with van der Waals surface area (Å²) in [7, 11) is -3.75. The van der Waals surface area contributed by atoms with Crippen molar-refractivity contribution in [1.29, 1.82) is 0 Å². The number of hydrogen-bond acceptors (Lipinski definition) is 7. The molecule has 0 radical (unpaired) electrons. The Bertz CT molecular complexity index is 924. The molecule has 0 fully saturated rings. The number of aromatic nitrogens is 3. The number of rotatable bonds is 6. The minimum absolute atomic E-state index is 0.132. The number of methoxy groups -OCH3 is 1. The van der Waals surface area contributed by atoms with Crippen molar-refractivity contribution in [3.63, 3.8) is 0 Å². The molecule has 134 valence electrons. The van der Waals surface area contributed by atoms with Crippen LogP contribution >= 0.6 is 11.6 Å². The second-order valence-corrected chi connectivity index (χ2v) is 6.65. The van der Waals surface area contributed by atoms with Gasteiger partial charge in [-0.2, -0.15) is 18.7 Å². The average molecular weight is 393 g/mol. The van der Waals surface area contributed by atoms with E-state index in [0.717, 1.165) is 0 Å². The third-order valence-electron chi connectivity index (χ3n) is 2.85. The second-order valence-electron chi connectivity index (χ2n) is 4.59. The van der Waals surface area contributed by atoms with E-state index in [-0.39, 0.29) is 28.2 Å². The first-order valence-corrected chi connectivity index (χ1v) is 8.48. The van der Waals surface area contributed by atoms with Crippen LogP contribution in [0.1, 0.15) is 22.0 Å². The monoisotopic (exact) mass is 392 g/mol. The molecule has 0 spiro atoms. The molecule has 1 N–H and O–H groups in total. The Labute approximate surface area is 146 Å². The topological polar surface area (TPSA) is 111 Å². The number of nitrogens with zero attached hydrogens (tertiary/aromatic N) is 3. The van der Waals surface area contributed by atoms with E-state index in [1.54, 1.807) is 4.72 Å². The van der Waals surface area contributed by atoms with Gasteiger partial charge in [-0.3, -0.25) is 9.52 Å². The smallest absolute Gasteiger partial charge is 0.355 e. The molecule has 2 rings (SSSR count). The van der Waals surface area contributed by atoms with Gasteiger partial charge in [0.1, 0.15) is 5.82 Å². The lowest BCUT2D eigenvalue weighted by atomic mass is 10.1. The van der Waals surface area contributed by atoms with Gasteiger partial charge in [0.05, 0.1) is 23.4 Å². The summed E-state index contributed by atoms with van der Waals surface area (Å²) in [6, 6.07) is 3.65. The van der Waals surface area contributed by atoms with Gasteiger partial charge in [0.25, 0.3) is 10.0 Å². The number of anilines is 1. The highest BCUT2D eigenvalue weighted by molar-refractivity contribution is 7.93. The van der Waals surface area contributed by atoms with Crippen LogP contribution in [0.15, 0.2) is 18.2 Å². The fourth-order valence-electron chi connectivity index (χ4n) is 1.77. The van der Waals surface area contributed by atoms with Crippen molar-refractivity contribution in [1.82, 2.24) is 15.0 Å². The Hall–Kier alpha value is -2.40. The summed E-state index contributed by atoms with van der Waals surface area (Å²) in [5.41, 5.74) is -0.795. The van der Waals surface area contributed by atoms with E-state index in [4.69, 9.17) is 16.3 Å². The van der Waals surface area contributed by atoms with Crippen molar-refractivity contribution in [2.75, 3.05) is 11.8 Å². The van der Waals surface area contributed by atoms with Gasteiger partial charge >= 0.3 is 11.8 Å². The fourth-order valence-corrected chi connectivity index (χ4v) is 2.65. The van der Waals surface area contributed by atoms with Gasteiger partial charge in [0, 0.05) is 0 Å². The zero-order chi connectivity index (χ0) is 18.8. The molecule has 12 heteroatoms. The van der Waals surface area contributed by atoms with Gasteiger partial charge in [0.15, 0.2) is 0 Å². The van der Waals surface area contributed by atoms with Crippen molar-refractivity contribution in [2.24, 2.45) is 0 Å². The van der Waals surface area contributed by atoms with Crippen molar-refractivity contribution >= 4 is 33.1 Å². The number of sulfonamides is 1. The molecule has 0 atom stereocenters. The number of nitrogens with one attached hydrogen (secondary N) is 1. The van der Waals surface area contributed by atoms with Gasteiger partial charge in [-0.1, -0.05) is 17.7 Å². The Morgan fingerprint density at radius 3 is 2.56 bits per heavy atom. The molecule has 1 heterocycles. The van der Waals surface area contributed by atoms with Crippen LogP contribution in [-0.2, 0) is 10.0 Å². The predicted molar refractivity (Wildman–Crippen MR) is 84.5 cm³/mol. The van der Waals surface area contributed by atoms with E-state index in [2.05, 4.69) is 15.0 Å². The minimum Gasteiger partial charge on any atom is -0.467 e. The van der Waals surface area contributed by atoms with Crippen LogP contribution in [0.3, 0.4) is 0 Å². The van der Waals surface area contributed by atoms with Crippen LogP contribution in [0.25, 0.3) is 0 Å². The fraction of sp³-hybridized carbons (Fsp3) is 0.231. The Kier molecular flexibility index (Phi) is 5.48. The number of carbonyl (C=O) groups excluding carboxylic acids is 1. The van der Waals surface area contributed by atoms with E-state index in [0.29, 0.717) is 0 Å². The molecular weight excluding hydrogens is 382 g/mol. The van der Waals surface area contributed by atoms with Crippen LogP contribution in [0.5, 0.6) is 6.01 Å². The predicted octanol–water partition coefficient (Wildman–Crippen LogP) is 2.04. The first-order chi connectivity index (χ1) is 11.7. The van der Waals surface area contributed by atoms with Crippen LogP contribution in [0, 0.1) is 6.92 Å². The van der Waals surface area contributed by atoms with Crippen molar-refractivity contribution in [3.8, 4) is 6.01 Å². The molecule has 8 nitrogen and oxygen atoms in total. The molecule has 0 unspecified atom stereocenters. The van der Waals surface area contributed by atoms with E-state index in [1.165, 1.54) is 32.2 Å². The molecule has 0 saturated heterocycles. The normalized spacial score (nSPS) is 11.4. The average Bonchev–Trinajstić information content (AvgIpc) is 2.55. The van der Waals surface area contributed by atoms with Crippen LogP contribution < -0.4 is 9.46 Å². The zero-order valence-electron chi connectivity index (χ0n) is 12.8. The van der Waals surface area contributed by atoms with Gasteiger partial charge in [-0.25, -0.2) is 13.4 Å². The summed E-state index contributed by atoms with van der Waals surface area (Å²) in [6.45, 7) is 1.49. The highest BCUT2D eigenvalue weighted by Gasteiger charge is 2.28. The molecule has 1 aromatic heterocycles. The third kappa shape index (κ3) is 4.17. The maximum Gasteiger partial charge on any atom is 0.355 e. The van der Waals surface area contributed by atoms with Crippen LogP contribution in [0.2, 0.25) is 5.02 Å². The Morgan fingerprint density at radius 1 is 1.28 bits per heavy atom. The quantitative estimate of drug-likeness (QED) is 0.748. The van der Waals surface area contributed by atoms with Gasteiger partial charge in [0.2, 0.25) is 11.6 Å². The molecule has 0 bridgehead atoms. The number of ether oxygens (including phenoxy) is 1. The molecule has 25 heavy (non-hydrogen) atoms. The highest BCUT2D eigenvalue weighted by Crippen LogP contribution is 2.29. The number of alkyl halides is 2. The SMILES string of the molecule is COc1nc(C)nc(C(=O)c2cccc(Cl)c2NS(=O)(=O)C(F)F)n1. The largest absolute Gasteiger partial charge is 0.467 e. The molecule has 2 aromatic rings. The molecular formula is C13H11ClF2N4O4S. The standard InChI is InChI=1S/C13H11ClF2N4O4S/c1-6-17-11(19-13(18-6)24-2)10(21)7-4-3-5-8(14)9(7)20-25(22,23)12(15)16/h3-5,12,20H,1-2H3. The second kappa shape index (κ2) is 7.23. The minimum atomic E-state index is -5.03. The van der Waals surface area contributed by atoms with Crippen LogP contribution in [-0.4, -0.2) is 42.0 Å². The summed E-state index contributed by atoms with van der Waals surface area (Å²) in [5.74, 6) is -4.74. The summed E-state index contributed by atoms with van der Waals surface area (Å²) < 4.78 is 54.5. The maximum atomic E-state index is 12.6.